The average molecular weight is 251 g/mol. The van der Waals surface area contributed by atoms with Gasteiger partial charge in [0.25, 0.3) is 0 Å². The molecule has 0 aliphatic rings. The van der Waals surface area contributed by atoms with E-state index in [-0.39, 0.29) is 10.8 Å². The number of benzene rings is 1. The van der Waals surface area contributed by atoms with Crippen molar-refractivity contribution < 1.29 is 9.18 Å². The highest BCUT2D eigenvalue weighted by Crippen LogP contribution is 2.28. The van der Waals surface area contributed by atoms with Gasteiger partial charge in [-0.15, -0.1) is 0 Å². The minimum atomic E-state index is -0.534. The van der Waals surface area contributed by atoms with Crippen LogP contribution < -0.4 is 0 Å². The SMILES string of the molecule is CC(=O)c1ccc(F)c(Cl)c1Br. The number of Topliss-reactive ketones (excluding diaryl/α,β-unsaturated/α-hetero) is 1. The molecule has 0 bridgehead atoms. The second kappa shape index (κ2) is 3.54. The molecule has 1 aromatic carbocycles. The van der Waals surface area contributed by atoms with Crippen LogP contribution in [0.2, 0.25) is 5.02 Å². The Labute approximate surface area is 82.7 Å². The third-order valence-corrected chi connectivity index (χ3v) is 2.84. The maximum absolute atomic E-state index is 12.7. The highest BCUT2D eigenvalue weighted by Gasteiger charge is 2.11. The zero-order chi connectivity index (χ0) is 9.30. The lowest BCUT2D eigenvalue weighted by molar-refractivity contribution is 0.101. The van der Waals surface area contributed by atoms with Crippen molar-refractivity contribution >= 4 is 33.3 Å². The summed E-state index contributed by atoms with van der Waals surface area (Å²) in [4.78, 5) is 10.9. The van der Waals surface area contributed by atoms with Crippen LogP contribution in [0, 0.1) is 5.82 Å². The molecule has 0 aromatic heterocycles. The number of rotatable bonds is 1. The van der Waals surface area contributed by atoms with Crippen LogP contribution >= 0.6 is 27.5 Å². The summed E-state index contributed by atoms with van der Waals surface area (Å²) in [6.07, 6.45) is 0. The molecule has 12 heavy (non-hydrogen) atoms. The van der Waals surface area contributed by atoms with Crippen molar-refractivity contribution in [3.8, 4) is 0 Å². The van der Waals surface area contributed by atoms with Crippen molar-refractivity contribution in [2.75, 3.05) is 0 Å². The fourth-order valence-corrected chi connectivity index (χ4v) is 1.56. The van der Waals surface area contributed by atoms with Gasteiger partial charge < -0.3 is 0 Å². The monoisotopic (exact) mass is 250 g/mol. The molecule has 1 aromatic rings. The van der Waals surface area contributed by atoms with E-state index in [4.69, 9.17) is 11.6 Å². The van der Waals surface area contributed by atoms with E-state index >= 15 is 0 Å². The highest BCUT2D eigenvalue weighted by atomic mass is 79.9. The second-order valence-electron chi connectivity index (χ2n) is 2.28. The lowest BCUT2D eigenvalue weighted by Crippen LogP contribution is -1.95. The van der Waals surface area contributed by atoms with Crippen LogP contribution in [0.25, 0.3) is 0 Å². The Morgan fingerprint density at radius 3 is 2.67 bits per heavy atom. The predicted octanol–water partition coefficient (Wildman–Crippen LogP) is 3.44. The fourth-order valence-electron chi connectivity index (χ4n) is 0.798. The Morgan fingerprint density at radius 1 is 1.58 bits per heavy atom. The molecule has 1 rings (SSSR count). The third-order valence-electron chi connectivity index (χ3n) is 1.41. The minimum Gasteiger partial charge on any atom is -0.294 e. The predicted molar refractivity (Wildman–Crippen MR) is 49.1 cm³/mol. The Bertz CT molecular complexity index is 338. The lowest BCUT2D eigenvalue weighted by atomic mass is 10.1. The Hall–Kier alpha value is -0.410. The van der Waals surface area contributed by atoms with Gasteiger partial charge in [0.15, 0.2) is 5.78 Å². The largest absolute Gasteiger partial charge is 0.294 e. The molecule has 0 N–H and O–H groups in total. The third kappa shape index (κ3) is 1.67. The molecule has 0 heterocycles. The number of carbonyl (C=O) groups excluding carboxylic acids is 1. The molecule has 0 spiro atoms. The van der Waals surface area contributed by atoms with Crippen LogP contribution in [-0.4, -0.2) is 5.78 Å². The first kappa shape index (κ1) is 9.68. The van der Waals surface area contributed by atoms with Crippen molar-refractivity contribution in [3.05, 3.63) is 33.0 Å². The molecule has 0 saturated heterocycles. The summed E-state index contributed by atoms with van der Waals surface area (Å²) >= 11 is 8.59. The van der Waals surface area contributed by atoms with Crippen LogP contribution in [0.5, 0.6) is 0 Å². The molecule has 0 amide bonds. The number of ketones is 1. The zero-order valence-electron chi connectivity index (χ0n) is 6.20. The first-order valence-corrected chi connectivity index (χ1v) is 4.35. The molecule has 0 aliphatic heterocycles. The van der Waals surface area contributed by atoms with Crippen LogP contribution in [0.15, 0.2) is 16.6 Å². The van der Waals surface area contributed by atoms with Gasteiger partial charge in [0.1, 0.15) is 5.82 Å². The van der Waals surface area contributed by atoms with E-state index in [0.717, 1.165) is 0 Å². The molecular formula is C8H5BrClFO. The van der Waals surface area contributed by atoms with Gasteiger partial charge in [-0.05, 0) is 35.0 Å². The topological polar surface area (TPSA) is 17.1 Å². The Morgan fingerprint density at radius 2 is 2.17 bits per heavy atom. The Kier molecular flexibility index (Phi) is 2.85. The van der Waals surface area contributed by atoms with E-state index in [1.807, 2.05) is 0 Å². The molecule has 1 nitrogen and oxygen atoms in total. The molecule has 0 atom stereocenters. The summed E-state index contributed by atoms with van der Waals surface area (Å²) in [7, 11) is 0. The first-order valence-electron chi connectivity index (χ1n) is 3.18. The molecule has 0 aliphatic carbocycles. The quantitative estimate of drug-likeness (QED) is 0.552. The molecular weight excluding hydrogens is 246 g/mol. The number of hydrogen-bond donors (Lipinski definition) is 0. The molecule has 0 unspecified atom stereocenters. The zero-order valence-corrected chi connectivity index (χ0v) is 8.54. The smallest absolute Gasteiger partial charge is 0.160 e. The van der Waals surface area contributed by atoms with E-state index in [1.54, 1.807) is 0 Å². The highest BCUT2D eigenvalue weighted by molar-refractivity contribution is 9.10. The van der Waals surface area contributed by atoms with Crippen molar-refractivity contribution in [2.24, 2.45) is 0 Å². The van der Waals surface area contributed by atoms with E-state index < -0.39 is 5.82 Å². The van der Waals surface area contributed by atoms with Crippen molar-refractivity contribution in [1.29, 1.82) is 0 Å². The summed E-state index contributed by atoms with van der Waals surface area (Å²) in [6, 6.07) is 2.57. The van der Waals surface area contributed by atoms with Crippen molar-refractivity contribution in [3.63, 3.8) is 0 Å². The first-order chi connectivity index (χ1) is 5.54. The van der Waals surface area contributed by atoms with Crippen LogP contribution in [0.4, 0.5) is 4.39 Å². The normalized spacial score (nSPS) is 10.0. The number of hydrogen-bond acceptors (Lipinski definition) is 1. The summed E-state index contributed by atoms with van der Waals surface area (Å²) < 4.78 is 13.1. The van der Waals surface area contributed by atoms with Gasteiger partial charge in [-0.1, -0.05) is 11.6 Å². The van der Waals surface area contributed by atoms with Crippen molar-refractivity contribution in [2.45, 2.75) is 6.92 Å². The summed E-state index contributed by atoms with van der Waals surface area (Å²) in [5.74, 6) is -0.683. The summed E-state index contributed by atoms with van der Waals surface area (Å²) in [5.41, 5.74) is 0.390. The molecule has 0 radical (unpaired) electrons. The van der Waals surface area contributed by atoms with E-state index in [0.29, 0.717) is 10.0 Å². The molecule has 0 fully saturated rings. The summed E-state index contributed by atoms with van der Waals surface area (Å²) in [5, 5.41) is -0.0531. The Balaban J connectivity index is 3.36. The standard InChI is InChI=1S/C8H5BrClFO/c1-4(12)5-2-3-6(11)8(10)7(5)9/h2-3H,1H3. The van der Waals surface area contributed by atoms with Gasteiger partial charge >= 0.3 is 0 Å². The number of halogens is 3. The molecule has 0 saturated carbocycles. The van der Waals surface area contributed by atoms with Gasteiger partial charge in [-0.3, -0.25) is 4.79 Å². The van der Waals surface area contributed by atoms with Gasteiger partial charge in [0.05, 0.1) is 5.02 Å². The molecule has 64 valence electrons. The van der Waals surface area contributed by atoms with E-state index in [9.17, 15) is 9.18 Å². The number of carbonyl (C=O) groups is 1. The van der Waals surface area contributed by atoms with Crippen LogP contribution in [0.1, 0.15) is 17.3 Å². The van der Waals surface area contributed by atoms with Crippen molar-refractivity contribution in [1.82, 2.24) is 0 Å². The van der Waals surface area contributed by atoms with Gasteiger partial charge in [0.2, 0.25) is 0 Å². The lowest BCUT2D eigenvalue weighted by Gasteiger charge is -2.02. The van der Waals surface area contributed by atoms with E-state index in [1.165, 1.54) is 19.1 Å². The molecule has 4 heteroatoms. The van der Waals surface area contributed by atoms with Gasteiger partial charge in [0, 0.05) is 10.0 Å². The van der Waals surface area contributed by atoms with Gasteiger partial charge in [-0.2, -0.15) is 0 Å². The minimum absolute atomic E-state index is 0.0531. The van der Waals surface area contributed by atoms with Crippen LogP contribution in [-0.2, 0) is 0 Å². The van der Waals surface area contributed by atoms with E-state index in [2.05, 4.69) is 15.9 Å². The maximum atomic E-state index is 12.7. The summed E-state index contributed by atoms with van der Waals surface area (Å²) in [6.45, 7) is 1.40. The maximum Gasteiger partial charge on any atom is 0.160 e. The average Bonchev–Trinajstić information content (AvgIpc) is 2.00. The second-order valence-corrected chi connectivity index (χ2v) is 3.45. The van der Waals surface area contributed by atoms with Crippen LogP contribution in [0.3, 0.4) is 0 Å². The van der Waals surface area contributed by atoms with Gasteiger partial charge in [-0.25, -0.2) is 4.39 Å². The fraction of sp³-hybridized carbons (Fsp3) is 0.125.